The van der Waals surface area contributed by atoms with Crippen molar-refractivity contribution in [2.45, 2.75) is 6.54 Å². The molecule has 0 unspecified atom stereocenters. The summed E-state index contributed by atoms with van der Waals surface area (Å²) in [5, 5.41) is 3.18. The first-order chi connectivity index (χ1) is 8.18. The molecule has 92 valence electrons. The molecule has 1 aromatic heterocycles. The second kappa shape index (κ2) is 5.46. The molecule has 5 nitrogen and oxygen atoms in total. The van der Waals surface area contributed by atoms with Gasteiger partial charge in [-0.15, -0.1) is 0 Å². The van der Waals surface area contributed by atoms with E-state index in [1.807, 2.05) is 0 Å². The summed E-state index contributed by atoms with van der Waals surface area (Å²) in [6.45, 7) is 3.14. The largest absolute Gasteiger partial charge is 0.339 e. The maximum absolute atomic E-state index is 12.0. The van der Waals surface area contributed by atoms with Gasteiger partial charge in [-0.1, -0.05) is 6.07 Å². The molecule has 0 saturated carbocycles. The number of carbonyl (C=O) groups excluding carboxylic acids is 1. The Kier molecular flexibility index (Phi) is 3.96. The molecule has 17 heavy (non-hydrogen) atoms. The van der Waals surface area contributed by atoms with Crippen molar-refractivity contribution in [1.82, 2.24) is 14.8 Å². The Labute approximate surface area is 108 Å². The van der Waals surface area contributed by atoms with Gasteiger partial charge in [-0.2, -0.15) is 0 Å². The number of piperazine rings is 1. The van der Waals surface area contributed by atoms with E-state index in [1.54, 1.807) is 17.0 Å². The quantitative estimate of drug-likeness (QED) is 0.785. The van der Waals surface area contributed by atoms with Gasteiger partial charge in [0.1, 0.15) is 6.54 Å². The summed E-state index contributed by atoms with van der Waals surface area (Å²) in [6, 6.07) is 4.88. The number of hydrogen-bond donors (Lipinski definition) is 1. The Morgan fingerprint density at radius 3 is 2.71 bits per heavy atom. The zero-order valence-electron chi connectivity index (χ0n) is 9.36. The Hall–Kier alpha value is -1.14. The van der Waals surface area contributed by atoms with Crippen molar-refractivity contribution in [3.05, 3.63) is 33.2 Å². The van der Waals surface area contributed by atoms with Crippen LogP contribution in [-0.2, 0) is 11.3 Å². The molecule has 1 aliphatic rings. The number of hydrogen-bond acceptors (Lipinski definition) is 3. The van der Waals surface area contributed by atoms with E-state index in [0.29, 0.717) is 17.7 Å². The highest BCUT2D eigenvalue weighted by Gasteiger charge is 2.17. The van der Waals surface area contributed by atoms with E-state index in [2.05, 4.69) is 21.2 Å². The van der Waals surface area contributed by atoms with E-state index < -0.39 is 0 Å². The molecule has 0 spiro atoms. The van der Waals surface area contributed by atoms with Crippen molar-refractivity contribution in [2.75, 3.05) is 26.2 Å². The SMILES string of the molecule is O=C(Cn1c(Br)cccc1=O)N1CCNCC1. The molecule has 1 aliphatic heterocycles. The van der Waals surface area contributed by atoms with Crippen molar-refractivity contribution in [1.29, 1.82) is 0 Å². The van der Waals surface area contributed by atoms with Gasteiger partial charge < -0.3 is 10.2 Å². The molecule has 1 aromatic rings. The predicted molar refractivity (Wildman–Crippen MR) is 67.9 cm³/mol. The minimum absolute atomic E-state index is 0.0134. The van der Waals surface area contributed by atoms with Gasteiger partial charge in [0, 0.05) is 32.2 Å². The third-order valence-corrected chi connectivity index (χ3v) is 3.45. The standard InChI is InChI=1S/C11H14BrN3O2/c12-9-2-1-3-10(16)15(9)8-11(17)14-6-4-13-5-7-14/h1-3,13H,4-8H2. The van der Waals surface area contributed by atoms with Crippen LogP contribution in [0.1, 0.15) is 0 Å². The van der Waals surface area contributed by atoms with Crippen molar-refractivity contribution in [2.24, 2.45) is 0 Å². The zero-order valence-corrected chi connectivity index (χ0v) is 10.9. The number of pyridine rings is 1. The number of halogens is 1. The van der Waals surface area contributed by atoms with Crippen LogP contribution < -0.4 is 10.9 Å². The lowest BCUT2D eigenvalue weighted by atomic mass is 10.3. The van der Waals surface area contributed by atoms with Crippen LogP contribution in [0.25, 0.3) is 0 Å². The molecular formula is C11H14BrN3O2. The molecule has 1 fully saturated rings. The summed E-state index contributed by atoms with van der Waals surface area (Å²) in [4.78, 5) is 25.4. The van der Waals surface area contributed by atoms with Gasteiger partial charge in [0.15, 0.2) is 0 Å². The van der Waals surface area contributed by atoms with Crippen LogP contribution in [0.5, 0.6) is 0 Å². The number of carbonyl (C=O) groups is 1. The first-order valence-corrected chi connectivity index (χ1v) is 6.31. The first kappa shape index (κ1) is 12.3. The molecule has 0 aliphatic carbocycles. The van der Waals surface area contributed by atoms with Crippen molar-refractivity contribution < 1.29 is 4.79 Å². The highest BCUT2D eigenvalue weighted by Crippen LogP contribution is 2.06. The van der Waals surface area contributed by atoms with E-state index in [1.165, 1.54) is 10.6 Å². The number of aromatic nitrogens is 1. The van der Waals surface area contributed by atoms with Gasteiger partial charge in [-0.25, -0.2) is 0 Å². The van der Waals surface area contributed by atoms with E-state index in [4.69, 9.17) is 0 Å². The second-order valence-corrected chi connectivity index (χ2v) is 4.72. The number of nitrogens with one attached hydrogen (secondary N) is 1. The van der Waals surface area contributed by atoms with Crippen LogP contribution in [0.3, 0.4) is 0 Å². The van der Waals surface area contributed by atoms with Crippen LogP contribution in [-0.4, -0.2) is 41.6 Å². The van der Waals surface area contributed by atoms with Crippen LogP contribution in [0.4, 0.5) is 0 Å². The number of rotatable bonds is 2. The minimum atomic E-state index is -0.164. The van der Waals surface area contributed by atoms with E-state index in [0.717, 1.165) is 13.1 Å². The van der Waals surface area contributed by atoms with Crippen LogP contribution in [0.15, 0.2) is 27.6 Å². The molecule has 0 radical (unpaired) electrons. The molecule has 1 saturated heterocycles. The Morgan fingerprint density at radius 1 is 1.35 bits per heavy atom. The minimum Gasteiger partial charge on any atom is -0.339 e. The fraction of sp³-hybridized carbons (Fsp3) is 0.455. The predicted octanol–water partition coefficient (Wildman–Crippen LogP) is 0.0426. The monoisotopic (exact) mass is 299 g/mol. The lowest BCUT2D eigenvalue weighted by molar-refractivity contribution is -0.132. The molecule has 0 bridgehead atoms. The fourth-order valence-electron chi connectivity index (χ4n) is 1.80. The van der Waals surface area contributed by atoms with E-state index >= 15 is 0 Å². The van der Waals surface area contributed by atoms with Crippen LogP contribution in [0, 0.1) is 0 Å². The topological polar surface area (TPSA) is 54.3 Å². The molecular weight excluding hydrogens is 286 g/mol. The third kappa shape index (κ3) is 2.95. The summed E-state index contributed by atoms with van der Waals surface area (Å²) in [7, 11) is 0. The molecule has 1 amide bonds. The molecule has 2 heterocycles. The maximum atomic E-state index is 12.0. The molecule has 0 atom stereocenters. The fourth-order valence-corrected chi connectivity index (χ4v) is 2.25. The summed E-state index contributed by atoms with van der Waals surface area (Å²) >= 11 is 3.28. The van der Waals surface area contributed by atoms with Gasteiger partial charge in [-0.3, -0.25) is 14.2 Å². The average molecular weight is 300 g/mol. The van der Waals surface area contributed by atoms with Crippen molar-refractivity contribution >= 4 is 21.8 Å². The molecule has 6 heteroatoms. The van der Waals surface area contributed by atoms with E-state index in [-0.39, 0.29) is 18.0 Å². The molecule has 0 aromatic carbocycles. The van der Waals surface area contributed by atoms with Crippen molar-refractivity contribution in [3.8, 4) is 0 Å². The van der Waals surface area contributed by atoms with Gasteiger partial charge in [0.25, 0.3) is 5.56 Å². The lowest BCUT2D eigenvalue weighted by Crippen LogP contribution is -2.48. The van der Waals surface area contributed by atoms with Gasteiger partial charge in [0.2, 0.25) is 5.91 Å². The third-order valence-electron chi connectivity index (χ3n) is 2.76. The summed E-state index contributed by atoms with van der Waals surface area (Å²) in [5.74, 6) is -0.0134. The Balaban J connectivity index is 2.10. The second-order valence-electron chi connectivity index (χ2n) is 3.90. The van der Waals surface area contributed by atoms with Crippen LogP contribution >= 0.6 is 15.9 Å². The van der Waals surface area contributed by atoms with E-state index in [9.17, 15) is 9.59 Å². The Morgan fingerprint density at radius 2 is 2.06 bits per heavy atom. The number of amides is 1. The lowest BCUT2D eigenvalue weighted by Gasteiger charge is -2.27. The van der Waals surface area contributed by atoms with Crippen LogP contribution in [0.2, 0.25) is 0 Å². The summed E-state index contributed by atoms with van der Waals surface area (Å²) < 4.78 is 2.07. The summed E-state index contributed by atoms with van der Waals surface area (Å²) in [6.07, 6.45) is 0. The maximum Gasteiger partial charge on any atom is 0.251 e. The molecule has 2 rings (SSSR count). The smallest absolute Gasteiger partial charge is 0.251 e. The number of nitrogens with zero attached hydrogens (tertiary/aromatic N) is 2. The normalized spacial score (nSPS) is 15.9. The van der Waals surface area contributed by atoms with Gasteiger partial charge in [0.05, 0.1) is 4.60 Å². The van der Waals surface area contributed by atoms with Gasteiger partial charge in [-0.05, 0) is 22.0 Å². The average Bonchev–Trinajstić information content (AvgIpc) is 2.35. The van der Waals surface area contributed by atoms with Crippen molar-refractivity contribution in [3.63, 3.8) is 0 Å². The summed E-state index contributed by atoms with van der Waals surface area (Å²) in [5.41, 5.74) is -0.164. The Bertz CT molecular complexity index is 466. The molecule has 1 N–H and O–H groups in total. The zero-order chi connectivity index (χ0) is 12.3. The highest BCUT2D eigenvalue weighted by atomic mass is 79.9. The first-order valence-electron chi connectivity index (χ1n) is 5.52. The van der Waals surface area contributed by atoms with Gasteiger partial charge >= 0.3 is 0 Å². The highest BCUT2D eigenvalue weighted by molar-refractivity contribution is 9.10.